The second-order valence-electron chi connectivity index (χ2n) is 4.44. The molecule has 20 heavy (non-hydrogen) atoms. The van der Waals surface area contributed by atoms with Gasteiger partial charge in [-0.2, -0.15) is 0 Å². The summed E-state index contributed by atoms with van der Waals surface area (Å²) in [6.07, 6.45) is 3.67. The van der Waals surface area contributed by atoms with Crippen molar-refractivity contribution in [2.75, 3.05) is 26.8 Å². The lowest BCUT2D eigenvalue weighted by Crippen LogP contribution is -2.20. The van der Waals surface area contributed by atoms with Crippen LogP contribution < -0.4 is 5.32 Å². The molecule has 1 heterocycles. The van der Waals surface area contributed by atoms with Gasteiger partial charge in [-0.3, -0.25) is 0 Å². The fraction of sp³-hybridized carbons (Fsp3) is 0.400. The Morgan fingerprint density at radius 3 is 2.95 bits per heavy atom. The SMILES string of the molecule is COCCNCCCc1ncc(-c2ccccc2I)o1. The number of rotatable bonds is 8. The van der Waals surface area contributed by atoms with E-state index in [1.807, 2.05) is 18.3 Å². The van der Waals surface area contributed by atoms with Gasteiger partial charge in [0.15, 0.2) is 11.7 Å². The lowest BCUT2D eigenvalue weighted by molar-refractivity contribution is 0.199. The predicted octanol–water partition coefficient (Wildman–Crippen LogP) is 3.11. The molecule has 0 unspecified atom stereocenters. The zero-order chi connectivity index (χ0) is 14.2. The highest BCUT2D eigenvalue weighted by Crippen LogP contribution is 2.25. The smallest absolute Gasteiger partial charge is 0.194 e. The van der Waals surface area contributed by atoms with E-state index in [4.69, 9.17) is 9.15 Å². The van der Waals surface area contributed by atoms with Crippen molar-refractivity contribution in [3.05, 3.63) is 39.9 Å². The van der Waals surface area contributed by atoms with E-state index in [0.717, 1.165) is 49.8 Å². The molecule has 0 radical (unpaired) electrons. The van der Waals surface area contributed by atoms with E-state index >= 15 is 0 Å². The van der Waals surface area contributed by atoms with Crippen molar-refractivity contribution < 1.29 is 9.15 Å². The standard InChI is InChI=1S/C15H19IN2O2/c1-19-10-9-17-8-4-7-15-18-11-14(20-15)12-5-2-3-6-13(12)16/h2-3,5-6,11,17H,4,7-10H2,1H3. The molecule has 0 saturated carbocycles. The van der Waals surface area contributed by atoms with Gasteiger partial charge < -0.3 is 14.5 Å². The van der Waals surface area contributed by atoms with Crippen molar-refractivity contribution in [1.82, 2.24) is 10.3 Å². The van der Waals surface area contributed by atoms with Crippen LogP contribution in [0.5, 0.6) is 0 Å². The first-order valence-corrected chi connectivity index (χ1v) is 7.78. The van der Waals surface area contributed by atoms with Crippen LogP contribution in [0.1, 0.15) is 12.3 Å². The van der Waals surface area contributed by atoms with Gasteiger partial charge in [-0.25, -0.2) is 4.98 Å². The Kier molecular flexibility index (Phi) is 6.49. The highest BCUT2D eigenvalue weighted by Gasteiger charge is 2.08. The van der Waals surface area contributed by atoms with Crippen molar-refractivity contribution in [3.63, 3.8) is 0 Å². The van der Waals surface area contributed by atoms with Crippen molar-refractivity contribution in [3.8, 4) is 11.3 Å². The highest BCUT2D eigenvalue weighted by molar-refractivity contribution is 14.1. The molecule has 0 aliphatic heterocycles. The van der Waals surface area contributed by atoms with Crippen LogP contribution in [0.15, 0.2) is 34.9 Å². The molecular formula is C15H19IN2O2. The second-order valence-corrected chi connectivity index (χ2v) is 5.61. The number of benzene rings is 1. The molecule has 108 valence electrons. The van der Waals surface area contributed by atoms with E-state index in [9.17, 15) is 0 Å². The maximum atomic E-state index is 5.81. The van der Waals surface area contributed by atoms with Gasteiger partial charge in [-0.1, -0.05) is 18.2 Å². The lowest BCUT2D eigenvalue weighted by atomic mass is 10.2. The molecule has 4 nitrogen and oxygen atoms in total. The fourth-order valence-electron chi connectivity index (χ4n) is 1.88. The molecule has 0 bridgehead atoms. The molecule has 1 N–H and O–H groups in total. The van der Waals surface area contributed by atoms with E-state index < -0.39 is 0 Å². The zero-order valence-electron chi connectivity index (χ0n) is 11.6. The van der Waals surface area contributed by atoms with Crippen LogP contribution in [0, 0.1) is 3.57 Å². The molecule has 0 spiro atoms. The summed E-state index contributed by atoms with van der Waals surface area (Å²) >= 11 is 2.31. The van der Waals surface area contributed by atoms with Gasteiger partial charge in [0.2, 0.25) is 0 Å². The Balaban J connectivity index is 1.82. The van der Waals surface area contributed by atoms with Gasteiger partial charge in [0, 0.05) is 29.2 Å². The average Bonchev–Trinajstić information content (AvgIpc) is 2.92. The van der Waals surface area contributed by atoms with Crippen LogP contribution in [0.25, 0.3) is 11.3 Å². The molecule has 0 aliphatic carbocycles. The van der Waals surface area contributed by atoms with Crippen LogP contribution in [-0.2, 0) is 11.2 Å². The molecule has 0 fully saturated rings. The van der Waals surface area contributed by atoms with Crippen molar-refractivity contribution in [2.24, 2.45) is 0 Å². The quantitative estimate of drug-likeness (QED) is 0.560. The third kappa shape index (κ3) is 4.57. The number of ether oxygens (including phenoxy) is 1. The Morgan fingerprint density at radius 2 is 2.15 bits per heavy atom. The number of nitrogens with zero attached hydrogens (tertiary/aromatic N) is 1. The maximum Gasteiger partial charge on any atom is 0.194 e. The van der Waals surface area contributed by atoms with Gasteiger partial charge in [-0.05, 0) is 41.6 Å². The Labute approximate surface area is 133 Å². The zero-order valence-corrected chi connectivity index (χ0v) is 13.7. The number of nitrogens with one attached hydrogen (secondary N) is 1. The van der Waals surface area contributed by atoms with Gasteiger partial charge in [-0.15, -0.1) is 0 Å². The molecule has 0 aliphatic rings. The minimum atomic E-state index is 0.746. The summed E-state index contributed by atoms with van der Waals surface area (Å²) in [6, 6.07) is 8.16. The summed E-state index contributed by atoms with van der Waals surface area (Å²) in [5, 5.41) is 3.31. The first-order chi connectivity index (χ1) is 9.81. The van der Waals surface area contributed by atoms with Gasteiger partial charge >= 0.3 is 0 Å². The van der Waals surface area contributed by atoms with E-state index in [1.54, 1.807) is 7.11 Å². The molecule has 5 heteroatoms. The lowest BCUT2D eigenvalue weighted by Gasteiger charge is -2.02. The number of hydrogen-bond donors (Lipinski definition) is 1. The fourth-order valence-corrected chi connectivity index (χ4v) is 2.53. The summed E-state index contributed by atoms with van der Waals surface area (Å²) in [4.78, 5) is 4.35. The molecule has 1 aromatic carbocycles. The van der Waals surface area contributed by atoms with Crippen molar-refractivity contribution in [2.45, 2.75) is 12.8 Å². The number of aryl methyl sites for hydroxylation is 1. The normalized spacial score (nSPS) is 10.9. The topological polar surface area (TPSA) is 47.3 Å². The van der Waals surface area contributed by atoms with Crippen LogP contribution in [-0.4, -0.2) is 31.8 Å². The largest absolute Gasteiger partial charge is 0.441 e. The Bertz CT molecular complexity index is 528. The molecular weight excluding hydrogens is 367 g/mol. The van der Waals surface area contributed by atoms with Gasteiger partial charge in [0.1, 0.15) is 0 Å². The maximum absolute atomic E-state index is 5.81. The Hall–Kier alpha value is -0.920. The Morgan fingerprint density at radius 1 is 1.30 bits per heavy atom. The van der Waals surface area contributed by atoms with E-state index in [1.165, 1.54) is 3.57 Å². The van der Waals surface area contributed by atoms with Crippen LogP contribution in [0.2, 0.25) is 0 Å². The second kappa shape index (κ2) is 8.39. The summed E-state index contributed by atoms with van der Waals surface area (Å²) in [6.45, 7) is 2.58. The van der Waals surface area contributed by atoms with E-state index in [2.05, 4.69) is 45.0 Å². The summed E-state index contributed by atoms with van der Waals surface area (Å²) in [5.74, 6) is 1.64. The summed E-state index contributed by atoms with van der Waals surface area (Å²) in [5.41, 5.74) is 1.10. The monoisotopic (exact) mass is 386 g/mol. The number of hydrogen-bond acceptors (Lipinski definition) is 4. The average molecular weight is 386 g/mol. The van der Waals surface area contributed by atoms with E-state index in [0.29, 0.717) is 0 Å². The van der Waals surface area contributed by atoms with Crippen molar-refractivity contribution >= 4 is 22.6 Å². The van der Waals surface area contributed by atoms with Gasteiger partial charge in [0.05, 0.1) is 12.8 Å². The molecule has 2 rings (SSSR count). The van der Waals surface area contributed by atoms with Crippen molar-refractivity contribution in [1.29, 1.82) is 0 Å². The van der Waals surface area contributed by atoms with Crippen LogP contribution in [0.4, 0.5) is 0 Å². The third-order valence-corrected chi connectivity index (χ3v) is 3.86. The van der Waals surface area contributed by atoms with E-state index in [-0.39, 0.29) is 0 Å². The minimum absolute atomic E-state index is 0.746. The molecule has 0 amide bonds. The highest BCUT2D eigenvalue weighted by atomic mass is 127. The molecule has 0 saturated heterocycles. The number of oxazole rings is 1. The molecule has 1 aromatic heterocycles. The predicted molar refractivity (Wildman–Crippen MR) is 87.7 cm³/mol. The minimum Gasteiger partial charge on any atom is -0.441 e. The summed E-state index contributed by atoms with van der Waals surface area (Å²) < 4.78 is 12.0. The van der Waals surface area contributed by atoms with Gasteiger partial charge in [0.25, 0.3) is 0 Å². The number of methoxy groups -OCH3 is 1. The van der Waals surface area contributed by atoms with Crippen LogP contribution in [0.3, 0.4) is 0 Å². The number of halogens is 1. The van der Waals surface area contributed by atoms with Crippen LogP contribution >= 0.6 is 22.6 Å². The first-order valence-electron chi connectivity index (χ1n) is 6.70. The number of aromatic nitrogens is 1. The summed E-state index contributed by atoms with van der Waals surface area (Å²) in [7, 11) is 1.71. The molecule has 0 atom stereocenters. The molecule has 2 aromatic rings. The first kappa shape index (κ1) is 15.5. The third-order valence-electron chi connectivity index (χ3n) is 2.92.